The monoisotopic (exact) mass is 411 g/mol. The van der Waals surface area contributed by atoms with E-state index >= 15 is 0 Å². The van der Waals surface area contributed by atoms with Gasteiger partial charge < -0.3 is 13.8 Å². The average molecular weight is 411 g/mol. The van der Waals surface area contributed by atoms with Gasteiger partial charge in [0, 0.05) is 11.8 Å². The van der Waals surface area contributed by atoms with E-state index in [1.54, 1.807) is 39.1 Å². The van der Waals surface area contributed by atoms with Gasteiger partial charge in [0.25, 0.3) is 0 Å². The Kier molecular flexibility index (Phi) is 8.60. The van der Waals surface area contributed by atoms with Crippen molar-refractivity contribution in [2.75, 3.05) is 19.8 Å². The van der Waals surface area contributed by atoms with Gasteiger partial charge in [-0.05, 0) is 39.7 Å². The van der Waals surface area contributed by atoms with Gasteiger partial charge in [-0.25, -0.2) is 9.50 Å². The summed E-state index contributed by atoms with van der Waals surface area (Å²) in [5.41, 5.74) is 0.566. The maximum absolute atomic E-state index is 13.6. The number of fused-ring (bicyclic) bond motifs is 1. The van der Waals surface area contributed by atoms with Gasteiger partial charge in [-0.15, -0.1) is 0 Å². The van der Waals surface area contributed by atoms with Crippen LogP contribution >= 0.6 is 7.60 Å². The van der Waals surface area contributed by atoms with E-state index < -0.39 is 19.2 Å². The summed E-state index contributed by atoms with van der Waals surface area (Å²) in [5, 5.41) is 4.27. The highest BCUT2D eigenvalue weighted by molar-refractivity contribution is 7.55. The summed E-state index contributed by atoms with van der Waals surface area (Å²) >= 11 is 0. The van der Waals surface area contributed by atoms with Crippen LogP contribution in [0.2, 0.25) is 0 Å². The summed E-state index contributed by atoms with van der Waals surface area (Å²) < 4.78 is 31.3. The SMILES string of the molecule is CCCCCc1cc(C(C(=O)OCC)P(=O)(OCC)OCC)n2nccc2n1. The summed E-state index contributed by atoms with van der Waals surface area (Å²) in [7, 11) is -3.83. The molecule has 0 spiro atoms. The normalized spacial score (nSPS) is 13.0. The van der Waals surface area contributed by atoms with E-state index in [1.165, 1.54) is 4.52 Å². The van der Waals surface area contributed by atoms with Crippen LogP contribution in [-0.2, 0) is 29.6 Å². The van der Waals surface area contributed by atoms with Crippen LogP contribution in [0.25, 0.3) is 5.65 Å². The summed E-state index contributed by atoms with van der Waals surface area (Å²) in [6, 6.07) is 3.52. The van der Waals surface area contributed by atoms with Crippen molar-refractivity contribution < 1.29 is 23.1 Å². The molecule has 2 aromatic heterocycles. The van der Waals surface area contributed by atoms with Crippen LogP contribution in [0, 0.1) is 0 Å². The predicted molar refractivity (Wildman–Crippen MR) is 106 cm³/mol. The minimum absolute atomic E-state index is 0.143. The predicted octanol–water partition coefficient (Wildman–Crippen LogP) is 4.33. The summed E-state index contributed by atoms with van der Waals surface area (Å²) in [5.74, 6) is -0.657. The fourth-order valence-electron chi connectivity index (χ4n) is 3.05. The first-order valence-electron chi connectivity index (χ1n) is 9.89. The molecule has 0 aliphatic heterocycles. The summed E-state index contributed by atoms with van der Waals surface area (Å²) in [6.45, 7) is 7.70. The number of aromatic nitrogens is 3. The molecule has 0 radical (unpaired) electrons. The Labute approximate surface area is 166 Å². The molecule has 156 valence electrons. The highest BCUT2D eigenvalue weighted by Gasteiger charge is 2.45. The molecular formula is C19H30N3O5P. The second-order valence-corrected chi connectivity index (χ2v) is 8.37. The van der Waals surface area contributed by atoms with Crippen molar-refractivity contribution in [1.29, 1.82) is 0 Å². The van der Waals surface area contributed by atoms with E-state index in [0.29, 0.717) is 11.3 Å². The number of esters is 1. The van der Waals surface area contributed by atoms with Crippen LogP contribution in [0.1, 0.15) is 64.0 Å². The Morgan fingerprint density at radius 2 is 1.86 bits per heavy atom. The van der Waals surface area contributed by atoms with E-state index in [-0.39, 0.29) is 19.8 Å². The number of carbonyl (C=O) groups excluding carboxylic acids is 1. The van der Waals surface area contributed by atoms with Gasteiger partial charge in [0.2, 0.25) is 5.66 Å². The number of hydrogen-bond acceptors (Lipinski definition) is 7. The number of aryl methyl sites for hydroxylation is 1. The topological polar surface area (TPSA) is 92.0 Å². The lowest BCUT2D eigenvalue weighted by molar-refractivity contribution is -0.143. The molecule has 0 aliphatic rings. The first-order valence-corrected chi connectivity index (χ1v) is 11.5. The third-order valence-electron chi connectivity index (χ3n) is 4.20. The van der Waals surface area contributed by atoms with Crippen molar-refractivity contribution in [3.8, 4) is 0 Å². The smallest absolute Gasteiger partial charge is 0.350 e. The molecule has 8 nitrogen and oxygen atoms in total. The van der Waals surface area contributed by atoms with E-state index in [4.69, 9.17) is 13.8 Å². The average Bonchev–Trinajstić information content (AvgIpc) is 3.11. The largest absolute Gasteiger partial charge is 0.465 e. The van der Waals surface area contributed by atoms with Crippen molar-refractivity contribution >= 4 is 19.2 Å². The molecule has 0 N–H and O–H groups in total. The third-order valence-corrected chi connectivity index (χ3v) is 6.54. The molecule has 0 aliphatic carbocycles. The van der Waals surface area contributed by atoms with Gasteiger partial charge in [-0.3, -0.25) is 9.36 Å². The Bertz CT molecular complexity index is 813. The zero-order valence-electron chi connectivity index (χ0n) is 17.1. The molecule has 28 heavy (non-hydrogen) atoms. The van der Waals surface area contributed by atoms with Gasteiger partial charge in [0.05, 0.1) is 31.7 Å². The second kappa shape index (κ2) is 10.7. The molecule has 0 saturated carbocycles. The standard InChI is InChI=1S/C19H30N3O5P/c1-5-9-10-11-15-14-16(22-17(21-15)12-13-20-22)18(19(23)25-6-2)28(24,26-7-3)27-8-4/h12-14,18H,5-11H2,1-4H3. The summed E-state index contributed by atoms with van der Waals surface area (Å²) in [4.78, 5) is 17.5. The lowest BCUT2D eigenvalue weighted by Crippen LogP contribution is -2.22. The highest BCUT2D eigenvalue weighted by Crippen LogP contribution is 2.61. The molecule has 0 saturated heterocycles. The molecule has 1 atom stereocenters. The molecule has 1 unspecified atom stereocenters. The van der Waals surface area contributed by atoms with E-state index in [1.807, 2.05) is 0 Å². The van der Waals surface area contributed by atoms with Crippen LogP contribution in [0.4, 0.5) is 0 Å². The molecule has 0 aromatic carbocycles. The van der Waals surface area contributed by atoms with Gasteiger partial charge in [0.15, 0.2) is 5.65 Å². The molecule has 2 aromatic rings. The van der Waals surface area contributed by atoms with Crippen molar-refractivity contribution in [3.63, 3.8) is 0 Å². The Morgan fingerprint density at radius 1 is 1.14 bits per heavy atom. The second-order valence-electron chi connectivity index (χ2n) is 6.26. The molecule has 2 heterocycles. The van der Waals surface area contributed by atoms with Crippen molar-refractivity contribution in [2.45, 2.75) is 59.0 Å². The zero-order valence-corrected chi connectivity index (χ0v) is 18.0. The van der Waals surface area contributed by atoms with Crippen LogP contribution < -0.4 is 0 Å². The molecule has 0 amide bonds. The van der Waals surface area contributed by atoms with Gasteiger partial charge >= 0.3 is 13.6 Å². The fraction of sp³-hybridized carbons (Fsp3) is 0.632. The Balaban J connectivity index is 2.60. The number of ether oxygens (including phenoxy) is 1. The zero-order chi connectivity index (χ0) is 20.6. The van der Waals surface area contributed by atoms with Gasteiger partial charge in [-0.2, -0.15) is 5.10 Å². The van der Waals surface area contributed by atoms with Crippen LogP contribution in [0.5, 0.6) is 0 Å². The molecule has 9 heteroatoms. The first-order chi connectivity index (χ1) is 13.5. The van der Waals surface area contributed by atoms with Crippen molar-refractivity contribution in [3.05, 3.63) is 29.7 Å². The maximum Gasteiger partial charge on any atom is 0.350 e. The van der Waals surface area contributed by atoms with E-state index in [2.05, 4.69) is 17.0 Å². The molecule has 0 bridgehead atoms. The minimum Gasteiger partial charge on any atom is -0.465 e. The van der Waals surface area contributed by atoms with Crippen LogP contribution in [-0.4, -0.2) is 40.4 Å². The summed E-state index contributed by atoms with van der Waals surface area (Å²) in [6.07, 6.45) is 5.50. The fourth-order valence-corrected chi connectivity index (χ4v) is 4.98. The van der Waals surface area contributed by atoms with Crippen LogP contribution in [0.15, 0.2) is 18.3 Å². The van der Waals surface area contributed by atoms with Gasteiger partial charge in [-0.1, -0.05) is 19.8 Å². The first kappa shape index (κ1) is 22.5. The third kappa shape index (κ3) is 5.19. The minimum atomic E-state index is -3.83. The van der Waals surface area contributed by atoms with E-state index in [0.717, 1.165) is 31.4 Å². The number of rotatable bonds is 12. The highest BCUT2D eigenvalue weighted by atomic mass is 31.2. The lowest BCUT2D eigenvalue weighted by atomic mass is 10.1. The van der Waals surface area contributed by atoms with Crippen molar-refractivity contribution in [2.24, 2.45) is 0 Å². The number of hydrogen-bond donors (Lipinski definition) is 0. The van der Waals surface area contributed by atoms with Gasteiger partial charge in [0.1, 0.15) is 0 Å². The Morgan fingerprint density at radius 3 is 2.46 bits per heavy atom. The molecule has 0 fully saturated rings. The maximum atomic E-state index is 13.6. The quantitative estimate of drug-likeness (QED) is 0.291. The number of carbonyl (C=O) groups is 1. The number of unbranched alkanes of at least 4 members (excludes halogenated alkanes) is 2. The van der Waals surface area contributed by atoms with Crippen molar-refractivity contribution in [1.82, 2.24) is 14.6 Å². The lowest BCUT2D eigenvalue weighted by Gasteiger charge is -2.25. The molecular weight excluding hydrogens is 381 g/mol. The van der Waals surface area contributed by atoms with E-state index in [9.17, 15) is 9.36 Å². The Hall–Kier alpha value is -1.76. The van der Waals surface area contributed by atoms with Crippen LogP contribution in [0.3, 0.4) is 0 Å². The molecule has 2 rings (SSSR count). The number of nitrogens with zero attached hydrogens (tertiary/aromatic N) is 3.